The Hall–Kier alpha value is -4.45. The minimum absolute atomic E-state index is 0.0163. The molecule has 16 nitrogen and oxygen atoms in total. The summed E-state index contributed by atoms with van der Waals surface area (Å²) in [6.07, 6.45) is 3.22. The number of hydrogen-bond acceptors (Lipinski definition) is 10. The monoisotopic (exact) mass is 712 g/mol. The molecule has 0 bridgehead atoms. The fourth-order valence-electron chi connectivity index (χ4n) is 6.89. The number of fused-ring (bicyclic) bond motifs is 1. The highest BCUT2D eigenvalue weighted by Crippen LogP contribution is 2.35. The lowest BCUT2D eigenvalue weighted by atomic mass is 9.77. The van der Waals surface area contributed by atoms with E-state index in [0.717, 1.165) is 23.4 Å². The summed E-state index contributed by atoms with van der Waals surface area (Å²) >= 11 is 0. The lowest BCUT2D eigenvalue weighted by Crippen LogP contribution is -2.64. The molecule has 2 fully saturated rings. The normalized spacial score (nSPS) is 20.6. The van der Waals surface area contributed by atoms with Gasteiger partial charge in [-0.25, -0.2) is 17.8 Å². The molecule has 2 aliphatic rings. The van der Waals surface area contributed by atoms with Crippen molar-refractivity contribution >= 4 is 44.4 Å². The van der Waals surface area contributed by atoms with Gasteiger partial charge in [0.25, 0.3) is 5.91 Å². The predicted molar refractivity (Wildman–Crippen MR) is 182 cm³/mol. The van der Waals surface area contributed by atoms with Crippen molar-refractivity contribution in [3.63, 3.8) is 0 Å². The maximum Gasteiger partial charge on any atom is 0.251 e. The molecule has 5 rings (SSSR count). The maximum atomic E-state index is 14.4. The largest absolute Gasteiger partial charge is 0.384 e. The van der Waals surface area contributed by atoms with Crippen LogP contribution in [0, 0.1) is 0 Å². The number of carbonyl (C=O) groups is 4. The van der Waals surface area contributed by atoms with E-state index >= 15 is 0 Å². The standard InChI is InChI=1S/C33H44N8O8S/c1-32(2,47)26-18-35-39-41(26)23-16-25(30(45)38-33(27(42)28(34)43)13-7-4-8-14-33)40(19-23)31(46)24(17-36-50(3,48)49)37-29(44)22-12-11-20-9-5-6-10-21(20)15-22/h5-6,9-12,15,18,23-25,27,36,42,47H,4,7-8,13-14,16-17,19H2,1-3H3,(H2,34,43)(H,37,44)(H,38,45)/t23-,24+,25-,27?/m0/s1. The van der Waals surface area contributed by atoms with E-state index in [1.807, 2.05) is 24.3 Å². The number of likely N-dealkylation sites (tertiary alicyclic amines) is 1. The zero-order valence-corrected chi connectivity index (χ0v) is 29.0. The number of hydrogen-bond donors (Lipinski definition) is 6. The number of rotatable bonds is 12. The Morgan fingerprint density at radius 1 is 1.08 bits per heavy atom. The van der Waals surface area contributed by atoms with Crippen molar-refractivity contribution in [3.8, 4) is 0 Å². The Bertz CT molecular complexity index is 1870. The molecule has 1 aliphatic carbocycles. The molecule has 1 aromatic heterocycles. The number of nitrogens with one attached hydrogen (secondary N) is 3. The predicted octanol–water partition coefficient (Wildman–Crippen LogP) is -0.186. The Kier molecular flexibility index (Phi) is 10.6. The second-order valence-corrected chi connectivity index (χ2v) is 15.6. The first-order valence-corrected chi connectivity index (χ1v) is 18.4. The topological polar surface area (TPSA) is 239 Å². The van der Waals surface area contributed by atoms with E-state index in [9.17, 15) is 37.8 Å². The summed E-state index contributed by atoms with van der Waals surface area (Å²) in [5.74, 6) is -3.09. The van der Waals surface area contributed by atoms with Crippen LogP contribution in [0.5, 0.6) is 0 Å². The van der Waals surface area contributed by atoms with Gasteiger partial charge in [-0.1, -0.05) is 54.8 Å². The number of nitrogens with zero attached hydrogens (tertiary/aromatic N) is 4. The van der Waals surface area contributed by atoms with E-state index in [4.69, 9.17) is 5.73 Å². The number of carbonyl (C=O) groups excluding carboxylic acids is 4. The molecule has 7 N–H and O–H groups in total. The van der Waals surface area contributed by atoms with Crippen LogP contribution in [-0.2, 0) is 30.0 Å². The second-order valence-electron chi connectivity index (χ2n) is 13.7. The summed E-state index contributed by atoms with van der Waals surface area (Å²) in [5, 5.41) is 36.9. The molecule has 0 spiro atoms. The average molecular weight is 713 g/mol. The van der Waals surface area contributed by atoms with E-state index in [1.54, 1.807) is 18.2 Å². The maximum absolute atomic E-state index is 14.4. The molecule has 0 radical (unpaired) electrons. The van der Waals surface area contributed by atoms with Gasteiger partial charge in [0.1, 0.15) is 17.7 Å². The van der Waals surface area contributed by atoms with Gasteiger partial charge < -0.3 is 31.5 Å². The van der Waals surface area contributed by atoms with Crippen LogP contribution in [0.3, 0.4) is 0 Å². The molecular weight excluding hydrogens is 668 g/mol. The van der Waals surface area contributed by atoms with Gasteiger partial charge in [-0.05, 0) is 49.6 Å². The van der Waals surface area contributed by atoms with Crippen molar-refractivity contribution < 1.29 is 37.8 Å². The Morgan fingerprint density at radius 3 is 2.40 bits per heavy atom. The first-order chi connectivity index (χ1) is 23.5. The van der Waals surface area contributed by atoms with Crippen LogP contribution >= 0.6 is 0 Å². The third-order valence-corrected chi connectivity index (χ3v) is 10.2. The van der Waals surface area contributed by atoms with E-state index in [0.29, 0.717) is 18.5 Å². The number of nitrogens with two attached hydrogens (primary N) is 1. The summed E-state index contributed by atoms with van der Waals surface area (Å²) in [7, 11) is -3.82. The molecule has 4 atom stereocenters. The van der Waals surface area contributed by atoms with Gasteiger partial charge >= 0.3 is 0 Å². The zero-order chi connectivity index (χ0) is 36.4. The van der Waals surface area contributed by atoms with Gasteiger partial charge in [0, 0.05) is 25.1 Å². The number of sulfonamides is 1. The molecule has 17 heteroatoms. The summed E-state index contributed by atoms with van der Waals surface area (Å²) in [4.78, 5) is 55.6. The van der Waals surface area contributed by atoms with Crippen LogP contribution in [0.2, 0.25) is 0 Å². The number of aliphatic hydroxyl groups is 2. The fraction of sp³-hybridized carbons (Fsp3) is 0.515. The molecule has 3 aromatic rings. The highest BCUT2D eigenvalue weighted by molar-refractivity contribution is 7.88. The van der Waals surface area contributed by atoms with Crippen LogP contribution in [-0.4, -0.2) is 105 Å². The van der Waals surface area contributed by atoms with E-state index in [2.05, 4.69) is 25.7 Å². The van der Waals surface area contributed by atoms with Crippen molar-refractivity contribution in [2.45, 2.75) is 87.7 Å². The quantitative estimate of drug-likeness (QED) is 0.145. The van der Waals surface area contributed by atoms with E-state index in [-0.39, 0.29) is 31.4 Å². The van der Waals surface area contributed by atoms with Crippen molar-refractivity contribution in [1.29, 1.82) is 0 Å². The Labute approximate surface area is 289 Å². The average Bonchev–Trinajstić information content (AvgIpc) is 3.74. The molecule has 1 aliphatic heterocycles. The van der Waals surface area contributed by atoms with Crippen molar-refractivity contribution in [1.82, 2.24) is 35.2 Å². The van der Waals surface area contributed by atoms with Gasteiger partial charge in [0.2, 0.25) is 27.7 Å². The van der Waals surface area contributed by atoms with Gasteiger partial charge in [-0.15, -0.1) is 5.10 Å². The molecular formula is C33H44N8O8S. The van der Waals surface area contributed by atoms with Crippen LogP contribution in [0.15, 0.2) is 48.7 Å². The number of aromatic nitrogens is 3. The van der Waals surface area contributed by atoms with Gasteiger partial charge in [-0.3, -0.25) is 19.2 Å². The van der Waals surface area contributed by atoms with Gasteiger partial charge in [0.15, 0.2) is 6.10 Å². The third-order valence-electron chi connectivity index (χ3n) is 9.49. The molecule has 1 saturated heterocycles. The van der Waals surface area contributed by atoms with Gasteiger partial charge in [0.05, 0.1) is 29.7 Å². The molecule has 1 unspecified atom stereocenters. The van der Waals surface area contributed by atoms with Crippen LogP contribution in [0.1, 0.15) is 74.5 Å². The van der Waals surface area contributed by atoms with Crippen molar-refractivity contribution in [3.05, 3.63) is 59.9 Å². The summed E-state index contributed by atoms with van der Waals surface area (Å²) in [5.41, 5.74) is 3.30. The summed E-state index contributed by atoms with van der Waals surface area (Å²) < 4.78 is 28.0. The number of amides is 4. The smallest absolute Gasteiger partial charge is 0.251 e. The third kappa shape index (κ3) is 8.12. The molecule has 4 amide bonds. The lowest BCUT2D eigenvalue weighted by molar-refractivity contribution is -0.143. The lowest BCUT2D eigenvalue weighted by Gasteiger charge is -2.41. The van der Waals surface area contributed by atoms with E-state index < -0.39 is 75.6 Å². The first kappa shape index (κ1) is 36.8. The fourth-order valence-corrected chi connectivity index (χ4v) is 7.36. The summed E-state index contributed by atoms with van der Waals surface area (Å²) in [6.45, 7) is 2.43. The van der Waals surface area contributed by atoms with Gasteiger partial charge in [-0.2, -0.15) is 0 Å². The van der Waals surface area contributed by atoms with Crippen molar-refractivity contribution in [2.24, 2.45) is 5.73 Å². The van der Waals surface area contributed by atoms with Crippen LogP contribution in [0.4, 0.5) is 0 Å². The van der Waals surface area contributed by atoms with E-state index in [1.165, 1.54) is 29.6 Å². The van der Waals surface area contributed by atoms with Crippen LogP contribution < -0.4 is 21.1 Å². The minimum Gasteiger partial charge on any atom is -0.384 e. The molecule has 1 saturated carbocycles. The number of aliphatic hydroxyl groups excluding tert-OH is 1. The van der Waals surface area contributed by atoms with Crippen LogP contribution in [0.25, 0.3) is 10.8 Å². The highest BCUT2D eigenvalue weighted by Gasteiger charge is 2.49. The summed E-state index contributed by atoms with van der Waals surface area (Å²) in [6, 6.07) is 9.02. The highest BCUT2D eigenvalue weighted by atomic mass is 32.2. The number of primary amides is 1. The number of benzene rings is 2. The first-order valence-electron chi connectivity index (χ1n) is 16.5. The Morgan fingerprint density at radius 2 is 1.76 bits per heavy atom. The zero-order valence-electron chi connectivity index (χ0n) is 28.2. The molecule has 2 heterocycles. The SMILES string of the molecule is CC(C)(O)c1cnnn1[C@H]1C[C@@H](C(=O)NC2(C(O)C(N)=O)CCCCC2)N(C(=O)[C@@H](CNS(C)(=O)=O)NC(=O)c2ccc3ccccc3c2)C1. The van der Waals surface area contributed by atoms with Crippen molar-refractivity contribution in [2.75, 3.05) is 19.3 Å². The molecule has 270 valence electrons. The molecule has 2 aromatic carbocycles. The Balaban J connectivity index is 1.49. The molecule has 50 heavy (non-hydrogen) atoms. The minimum atomic E-state index is -3.82. The second kappa shape index (κ2) is 14.4.